The lowest BCUT2D eigenvalue weighted by Gasteiger charge is -2.12. The summed E-state index contributed by atoms with van der Waals surface area (Å²) >= 11 is 0. The number of carboxylic acids is 4. The molecule has 0 spiro atoms. The maximum Gasteiger partial charge on any atom is 0.336 e. The molecule has 29 heteroatoms. The molecule has 25 nitrogen and oxygen atoms in total. The van der Waals surface area contributed by atoms with Crippen molar-refractivity contribution < 1.29 is 92.5 Å². The van der Waals surface area contributed by atoms with Crippen LogP contribution in [0.3, 0.4) is 0 Å². The van der Waals surface area contributed by atoms with Crippen LogP contribution in [0.1, 0.15) is 94.0 Å². The Kier molecular flexibility index (Phi) is 22.5. The fourth-order valence-electron chi connectivity index (χ4n) is 6.27. The Bertz CT molecular complexity index is 4070. The molecule has 0 saturated carbocycles. The van der Waals surface area contributed by atoms with E-state index in [0.29, 0.717) is 0 Å². The van der Waals surface area contributed by atoms with Crippen molar-refractivity contribution in [3.63, 3.8) is 0 Å². The molecule has 0 fully saturated rings. The molecule has 0 aromatic heterocycles. The summed E-state index contributed by atoms with van der Waals surface area (Å²) in [7, 11) is -13.4. The van der Waals surface area contributed by atoms with Crippen molar-refractivity contribution in [2.45, 2.75) is 28.5 Å². The first-order valence-electron chi connectivity index (χ1n) is 23.2. The van der Waals surface area contributed by atoms with Crippen LogP contribution in [-0.2, 0) is 40.3 Å². The summed E-state index contributed by atoms with van der Waals surface area (Å²) in [6.45, 7) is 3.62. The predicted octanol–water partition coefficient (Wildman–Crippen LogP) is 5.05. The molecule has 83 heavy (non-hydrogen) atoms. The Balaban J connectivity index is 0.000000238. The van der Waals surface area contributed by atoms with Gasteiger partial charge in [0.05, 0.1) is 42.5 Å². The summed E-state index contributed by atoms with van der Waals surface area (Å²) in [5, 5.41) is 35.5. The average molecular weight is 1220 g/mol. The molecule has 8 N–H and O–H groups in total. The van der Waals surface area contributed by atoms with Crippen molar-refractivity contribution >= 4 is 87.8 Å². The number of amides is 4. The van der Waals surface area contributed by atoms with Crippen molar-refractivity contribution in [2.24, 2.45) is 0 Å². The Hall–Kier alpha value is -9.94. The van der Waals surface area contributed by atoms with Gasteiger partial charge >= 0.3 is 34.1 Å². The molecule has 0 atom stereocenters. The standard InChI is InChI=1S/2C15H13NO5S.C14H11NO5S.C10H12N2O5S/c1-10-5-7-13(8-6-10)22(20,21)16-14(17)11-3-2-4-12(9-11)15(18)19;1-10-6-8-11(9-7-10)22(20,21)16-14(17)12-4-2-3-5-13(12)15(18)19;16-13(10-5-4-6-11(9-10)14(17)18)15-21(19,20)12-7-2-1-3-8-12;1-12(2)18(16,17)11-9(13)7-4-3-5-8(6-7)10(14)15/h2*2-9H,1H3,(H,16,17)(H,18,19);1-9H,(H,15,16)(H,17,18);3-6H,1-2H3,(H,11,13)(H,14,15). The second kappa shape index (κ2) is 28.5. The summed E-state index contributed by atoms with van der Waals surface area (Å²) in [5.74, 6) is -8.54. The molecule has 434 valence electrons. The Morgan fingerprint density at radius 3 is 0.940 bits per heavy atom. The number of carbonyl (C=O) groups excluding carboxylic acids is 4. The summed E-state index contributed by atoms with van der Waals surface area (Å²) < 4.78 is 104. The number of sulfonamides is 3. The SMILES string of the molecule is CN(C)S(=O)(=O)NC(=O)c1cccc(C(=O)O)c1.Cc1ccc(S(=O)(=O)NC(=O)c2cccc(C(=O)O)c2)cc1.Cc1ccc(S(=O)(=O)NC(=O)c2ccccc2C(=O)O)cc1.O=C(O)c1cccc(C(=O)NS(=O)(=O)c2ccccc2)c1. The Morgan fingerprint density at radius 2 is 0.614 bits per heavy atom. The number of nitrogens with one attached hydrogen (secondary N) is 4. The fraction of sp³-hybridized carbons (Fsp3) is 0.0741. The molecule has 0 radical (unpaired) electrons. The fourth-order valence-corrected chi connectivity index (χ4v) is 9.74. The van der Waals surface area contributed by atoms with Gasteiger partial charge in [-0.3, -0.25) is 19.2 Å². The van der Waals surface area contributed by atoms with E-state index in [4.69, 9.17) is 20.4 Å². The zero-order valence-electron chi connectivity index (χ0n) is 43.6. The van der Waals surface area contributed by atoms with Crippen molar-refractivity contribution in [3.8, 4) is 0 Å². The maximum absolute atomic E-state index is 12.1. The molecule has 0 aliphatic carbocycles. The van der Waals surface area contributed by atoms with Crippen molar-refractivity contribution in [1.82, 2.24) is 23.2 Å². The van der Waals surface area contributed by atoms with Crippen LogP contribution in [-0.4, -0.2) is 120 Å². The number of hydrogen-bond acceptors (Lipinski definition) is 16. The number of rotatable bonds is 16. The van der Waals surface area contributed by atoms with Crippen LogP contribution in [0.25, 0.3) is 0 Å². The third kappa shape index (κ3) is 19.4. The number of carboxylic acid groups (broad SMARTS) is 4. The van der Waals surface area contributed by atoms with E-state index in [1.807, 2.05) is 21.1 Å². The van der Waals surface area contributed by atoms with E-state index in [-0.39, 0.29) is 59.2 Å². The predicted molar refractivity (Wildman–Crippen MR) is 296 cm³/mol. The van der Waals surface area contributed by atoms with Gasteiger partial charge in [-0.1, -0.05) is 83.9 Å². The minimum absolute atomic E-state index is 0.0409. The Labute approximate surface area is 475 Å². The molecule has 7 aromatic rings. The van der Waals surface area contributed by atoms with Crippen molar-refractivity contribution in [3.05, 3.63) is 232 Å². The van der Waals surface area contributed by atoms with Gasteiger partial charge in [-0.05, 0) is 117 Å². The molecule has 0 aliphatic heterocycles. The minimum Gasteiger partial charge on any atom is -0.478 e. The van der Waals surface area contributed by atoms with Gasteiger partial charge in [0.25, 0.3) is 53.7 Å². The number of aromatic carboxylic acids is 4. The molecule has 0 saturated heterocycles. The van der Waals surface area contributed by atoms with Gasteiger partial charge in [0.2, 0.25) is 0 Å². The third-order valence-electron chi connectivity index (χ3n) is 10.6. The molecule has 0 unspecified atom stereocenters. The lowest BCUT2D eigenvalue weighted by molar-refractivity contribution is 0.0683. The van der Waals surface area contributed by atoms with Crippen LogP contribution >= 0.6 is 0 Å². The normalized spacial score (nSPS) is 11.0. The van der Waals surface area contributed by atoms with E-state index >= 15 is 0 Å². The monoisotopic (exact) mass is 1220 g/mol. The number of hydrogen-bond donors (Lipinski definition) is 8. The van der Waals surface area contributed by atoms with Crippen LogP contribution in [0.5, 0.6) is 0 Å². The van der Waals surface area contributed by atoms with Gasteiger partial charge < -0.3 is 20.4 Å². The molecular formula is C54H49N5O20S4. The molecule has 7 aromatic carbocycles. The molecule has 0 bridgehead atoms. The van der Waals surface area contributed by atoms with E-state index in [1.54, 1.807) is 42.0 Å². The molecule has 0 aliphatic rings. The van der Waals surface area contributed by atoms with Crippen molar-refractivity contribution in [2.75, 3.05) is 14.1 Å². The molecular weight excluding hydrogens is 1170 g/mol. The lowest BCUT2D eigenvalue weighted by atomic mass is 10.1. The van der Waals surface area contributed by atoms with E-state index < -0.39 is 87.8 Å². The second-order valence-electron chi connectivity index (χ2n) is 17.0. The Morgan fingerprint density at radius 1 is 0.325 bits per heavy atom. The van der Waals surface area contributed by atoms with Crippen LogP contribution in [0.15, 0.2) is 191 Å². The van der Waals surface area contributed by atoms with Gasteiger partial charge in [0.1, 0.15) is 0 Å². The van der Waals surface area contributed by atoms with Gasteiger partial charge in [-0.25, -0.2) is 63.3 Å². The van der Waals surface area contributed by atoms with E-state index in [2.05, 4.69) is 0 Å². The number of aryl methyl sites for hydroxylation is 2. The van der Waals surface area contributed by atoms with E-state index in [0.717, 1.165) is 33.6 Å². The topological polar surface area (TPSA) is 405 Å². The summed E-state index contributed by atoms with van der Waals surface area (Å²) in [4.78, 5) is 90.9. The summed E-state index contributed by atoms with van der Waals surface area (Å²) in [6, 6.07) is 40.1. The molecule has 0 heterocycles. The number of benzene rings is 7. The smallest absolute Gasteiger partial charge is 0.336 e. The summed E-state index contributed by atoms with van der Waals surface area (Å²) in [6.07, 6.45) is 0. The molecule has 4 amide bonds. The zero-order chi connectivity index (χ0) is 62.0. The van der Waals surface area contributed by atoms with Gasteiger partial charge in [-0.2, -0.15) is 12.7 Å². The average Bonchev–Trinajstić information content (AvgIpc) is 3.65. The quantitative estimate of drug-likeness (QED) is 0.0627. The highest BCUT2D eigenvalue weighted by atomic mass is 32.2. The largest absolute Gasteiger partial charge is 0.478 e. The molecule has 7 rings (SSSR count). The minimum atomic E-state index is -4.06. The van der Waals surface area contributed by atoms with Crippen molar-refractivity contribution in [1.29, 1.82) is 0 Å². The van der Waals surface area contributed by atoms with Crippen LogP contribution in [0.2, 0.25) is 0 Å². The highest BCUT2D eigenvalue weighted by molar-refractivity contribution is 7.90. The number of carbonyl (C=O) groups is 8. The second-order valence-corrected chi connectivity index (χ2v) is 23.9. The van der Waals surface area contributed by atoms with Crippen LogP contribution in [0, 0.1) is 13.8 Å². The van der Waals surface area contributed by atoms with E-state index in [1.165, 1.54) is 141 Å². The van der Waals surface area contributed by atoms with Gasteiger partial charge in [-0.15, -0.1) is 0 Å². The van der Waals surface area contributed by atoms with Gasteiger partial charge in [0, 0.05) is 30.8 Å². The highest BCUT2D eigenvalue weighted by Crippen LogP contribution is 2.16. The van der Waals surface area contributed by atoms with E-state index in [9.17, 15) is 72.0 Å². The first-order chi connectivity index (χ1) is 38.7. The number of nitrogens with zero attached hydrogens (tertiary/aromatic N) is 1. The first-order valence-corrected chi connectivity index (χ1v) is 29.1. The summed E-state index contributed by atoms with van der Waals surface area (Å²) in [5.41, 5.74) is 0.862. The highest BCUT2D eigenvalue weighted by Gasteiger charge is 2.24. The van der Waals surface area contributed by atoms with Gasteiger partial charge in [0.15, 0.2) is 0 Å². The third-order valence-corrected chi connectivity index (χ3v) is 16.1. The first kappa shape index (κ1) is 65.6. The van der Waals surface area contributed by atoms with Crippen LogP contribution < -0.4 is 18.9 Å². The zero-order valence-corrected chi connectivity index (χ0v) is 46.9. The van der Waals surface area contributed by atoms with Crippen LogP contribution in [0.4, 0.5) is 0 Å². The lowest BCUT2D eigenvalue weighted by Crippen LogP contribution is -2.39. The maximum atomic E-state index is 12.1.